The van der Waals surface area contributed by atoms with Crippen molar-refractivity contribution >= 4 is 67.8 Å². The molecule has 4 aliphatic heterocycles. The number of aromatic amines is 2. The molecule has 2 unspecified atom stereocenters. The van der Waals surface area contributed by atoms with Crippen LogP contribution in [0.1, 0.15) is 104 Å². The summed E-state index contributed by atoms with van der Waals surface area (Å²) in [5, 5.41) is 18.0. The summed E-state index contributed by atoms with van der Waals surface area (Å²) < 4.78 is 10.7. The first-order valence-electron chi connectivity index (χ1n) is 44.8. The number of hydrogen-bond donors (Lipinski definition) is 2. The van der Waals surface area contributed by atoms with Crippen LogP contribution in [0.4, 0.5) is 0 Å². The Bertz CT molecular complexity index is 6300. The molecular formula is C103H108N20O4. The van der Waals surface area contributed by atoms with Crippen LogP contribution >= 0.6 is 0 Å². The van der Waals surface area contributed by atoms with Crippen LogP contribution in [0.3, 0.4) is 0 Å². The van der Waals surface area contributed by atoms with Crippen LogP contribution in [-0.4, -0.2) is 169 Å². The molecule has 4 fully saturated rings. The van der Waals surface area contributed by atoms with E-state index in [1.54, 1.807) is 10.9 Å². The van der Waals surface area contributed by atoms with E-state index in [-0.39, 0.29) is 30.3 Å². The quantitative estimate of drug-likeness (QED) is 0.0602. The molecule has 0 aliphatic carbocycles. The van der Waals surface area contributed by atoms with Gasteiger partial charge < -0.3 is 37.9 Å². The van der Waals surface area contributed by atoms with Gasteiger partial charge in [-0.3, -0.25) is 39.2 Å². The average Bonchev–Trinajstić information content (AvgIpc) is 1.63. The summed E-state index contributed by atoms with van der Waals surface area (Å²) in [7, 11) is 0. The Labute approximate surface area is 740 Å². The van der Waals surface area contributed by atoms with Gasteiger partial charge in [0.2, 0.25) is 17.7 Å². The zero-order chi connectivity index (χ0) is 86.5. The smallest absolute Gasteiger partial charge is 0.307 e. The van der Waals surface area contributed by atoms with Crippen LogP contribution in [0.5, 0.6) is 0 Å². The molecule has 0 radical (unpaired) electrons. The molecule has 20 rings (SSSR count). The molecule has 0 spiro atoms. The zero-order valence-corrected chi connectivity index (χ0v) is 71.8. The van der Waals surface area contributed by atoms with Crippen LogP contribution in [0.15, 0.2) is 281 Å². The molecule has 2 N–H and O–H groups in total. The average molecular weight is 1690 g/mol. The molecule has 127 heavy (non-hydrogen) atoms. The number of benzene rings is 8. The maximum atomic E-state index is 12.8. The summed E-state index contributed by atoms with van der Waals surface area (Å²) >= 11 is 0. The third-order valence-electron chi connectivity index (χ3n) is 25.5. The number of rotatable bonds is 22. The van der Waals surface area contributed by atoms with E-state index in [4.69, 9.17) is 6.57 Å². The second kappa shape index (κ2) is 41.5. The summed E-state index contributed by atoms with van der Waals surface area (Å²) in [5.41, 5.74) is 21.4. The Morgan fingerprint density at radius 1 is 0.370 bits per heavy atom. The summed E-state index contributed by atoms with van der Waals surface area (Å²) in [4.78, 5) is 85.3. The lowest BCUT2D eigenvalue weighted by molar-refractivity contribution is -0.133. The molecule has 4 amide bonds. The van der Waals surface area contributed by atoms with Crippen molar-refractivity contribution in [2.75, 3.05) is 52.4 Å². The largest absolute Gasteiger partial charge is 0.343 e. The van der Waals surface area contributed by atoms with E-state index < -0.39 is 0 Å². The number of nitrogens with one attached hydrogen (secondary N) is 2. The summed E-state index contributed by atoms with van der Waals surface area (Å²) in [6.45, 7) is 17.7. The number of nitrogens with zero attached hydrogens (tertiary/aromatic N) is 18. The lowest BCUT2D eigenvalue weighted by Crippen LogP contribution is -2.39. The number of aryl methyl sites for hydroxylation is 2. The van der Waals surface area contributed by atoms with Gasteiger partial charge >= 0.3 is 6.67 Å². The van der Waals surface area contributed by atoms with Gasteiger partial charge in [-0.2, -0.15) is 15.3 Å². The Morgan fingerprint density at radius 2 is 0.756 bits per heavy atom. The van der Waals surface area contributed by atoms with Gasteiger partial charge in [-0.25, -0.2) is 31.2 Å². The second-order valence-corrected chi connectivity index (χ2v) is 34.1. The molecule has 644 valence electrons. The van der Waals surface area contributed by atoms with Gasteiger partial charge in [0.1, 0.15) is 0 Å². The molecule has 0 saturated carbocycles. The van der Waals surface area contributed by atoms with E-state index in [1.165, 1.54) is 11.1 Å². The Balaban J connectivity index is 0.000000119. The highest BCUT2D eigenvalue weighted by molar-refractivity contribution is 5.94. The number of piperidine rings is 2. The van der Waals surface area contributed by atoms with E-state index >= 15 is 0 Å². The van der Waals surface area contributed by atoms with Crippen molar-refractivity contribution < 1.29 is 19.2 Å². The van der Waals surface area contributed by atoms with Crippen molar-refractivity contribution in [3.8, 4) is 44.6 Å². The third kappa shape index (κ3) is 21.9. The van der Waals surface area contributed by atoms with Crippen LogP contribution in [0.2, 0.25) is 0 Å². The van der Waals surface area contributed by atoms with Gasteiger partial charge in [-0.1, -0.05) is 140 Å². The van der Waals surface area contributed by atoms with Gasteiger partial charge in [-0.05, 0) is 207 Å². The number of amides is 4. The molecule has 16 aromatic rings. The molecule has 4 saturated heterocycles. The van der Waals surface area contributed by atoms with Gasteiger partial charge in [0, 0.05) is 144 Å². The van der Waals surface area contributed by atoms with Crippen molar-refractivity contribution in [2.45, 2.75) is 129 Å². The predicted octanol–water partition coefficient (Wildman–Crippen LogP) is 18.3. The number of carbonyl (C=O) groups is 4. The SMILES string of the molecule is O=C(CCc1ccccc1)N1CCC(Cn2cnc3cc(-c4ccccn4)ccc32)CC1.O=C(Cc1ccccc1)N1CCCC(Cn2cnc3cc(-c4cn[nH]c4)ccc32)CC1.O=C(c1ccccc1)N1CCCC(Cn2cnc3cc(-c4cn[nH]c4)ccc32)CC1.[C-]#[N+]Cn1cc(-c2ccc3c(c2)ncn3CC2CCN(C(=O)CCc3ccccc3)CC2)cn1. The van der Waals surface area contributed by atoms with E-state index in [2.05, 4.69) is 175 Å². The van der Waals surface area contributed by atoms with Crippen molar-refractivity contribution in [3.63, 3.8) is 0 Å². The molecule has 4 aliphatic rings. The van der Waals surface area contributed by atoms with Gasteiger partial charge in [0.25, 0.3) is 5.91 Å². The Kier molecular flexibility index (Phi) is 27.8. The first-order chi connectivity index (χ1) is 62.5. The summed E-state index contributed by atoms with van der Waals surface area (Å²) in [5.74, 6) is 3.15. The molecule has 2 atom stereocenters. The standard InChI is InChI=1S/C27H28N6O.C27H28N4O.C25H27N5O.C24H25N5O/c1-28-19-33-18-24(16-30-33)23-8-9-26-25(15-23)29-20-32(26)17-22-11-13-31(14-12-22)27(34)10-7-21-5-3-2-4-6-21;32-27(12-9-21-6-2-1-3-7-21)30-16-13-22(14-17-30)19-31-20-29-25-18-23(10-11-26(25)31)24-8-4-5-15-28-24;31-25(13-19-5-2-1-3-6-19)29-11-4-7-20(10-12-29)17-30-18-26-23-14-21(8-9-24(23)30)22-15-27-28-16-22;30-24(19-6-2-1-3-7-19)28-11-4-5-18(10-12-28)16-29-17-25-22-13-20(8-9-23(22)29)21-14-26-27-15-21/h2-6,8-9,15-16,18,20,22H,7,10-14,17,19H2;1-8,10-11,15,18,20,22H,9,12-14,16-17,19H2;1-3,5-6,8-9,14-16,18,20H,4,7,10-13,17H2,(H,27,28);1-3,6-9,13-15,17-18H,4-5,10-12,16H2,(H,26,27). The molecule has 12 heterocycles. The summed E-state index contributed by atoms with van der Waals surface area (Å²) in [6, 6.07) is 71.5. The fourth-order valence-electron chi connectivity index (χ4n) is 18.3. The molecular weight excluding hydrogens is 1580 g/mol. The molecule has 8 aromatic carbocycles. The highest BCUT2D eigenvalue weighted by atomic mass is 16.2. The van der Waals surface area contributed by atoms with E-state index in [1.807, 2.05) is 192 Å². The molecule has 24 heteroatoms. The number of imidazole rings is 4. The zero-order valence-electron chi connectivity index (χ0n) is 71.8. The van der Waals surface area contributed by atoms with E-state index in [9.17, 15) is 19.2 Å². The number of carbonyl (C=O) groups excluding carboxylic acids is 4. The molecule has 0 bridgehead atoms. The normalized spacial score (nSPS) is 15.8. The fourth-order valence-corrected chi connectivity index (χ4v) is 18.3. The van der Waals surface area contributed by atoms with Crippen LogP contribution < -0.4 is 0 Å². The van der Waals surface area contributed by atoms with E-state index in [0.29, 0.717) is 42.9 Å². The lowest BCUT2D eigenvalue weighted by Gasteiger charge is -2.32. The molecule has 8 aromatic heterocycles. The highest BCUT2D eigenvalue weighted by Crippen LogP contribution is 2.33. The van der Waals surface area contributed by atoms with Gasteiger partial charge in [0.15, 0.2) is 0 Å². The minimum Gasteiger partial charge on any atom is -0.343 e. The minimum absolute atomic E-state index is 0.149. The minimum atomic E-state index is 0.149. The third-order valence-corrected chi connectivity index (χ3v) is 25.5. The first-order valence-corrected chi connectivity index (χ1v) is 44.8. The maximum absolute atomic E-state index is 12.8. The maximum Gasteiger partial charge on any atom is 0.307 e. The monoisotopic (exact) mass is 1690 g/mol. The topological polar surface area (TPSA) is 245 Å². The Hall–Kier alpha value is -14.2. The summed E-state index contributed by atoms with van der Waals surface area (Å²) in [6.07, 6.45) is 34.6. The Morgan fingerprint density at radius 3 is 1.18 bits per heavy atom. The predicted molar refractivity (Wildman–Crippen MR) is 497 cm³/mol. The number of hydrogen-bond acceptors (Lipinski definition) is 12. The van der Waals surface area contributed by atoms with Crippen molar-refractivity contribution in [1.29, 1.82) is 0 Å². The number of pyridine rings is 1. The van der Waals surface area contributed by atoms with Crippen molar-refractivity contribution in [2.24, 2.45) is 23.7 Å². The first kappa shape index (κ1) is 85.0. The highest BCUT2D eigenvalue weighted by Gasteiger charge is 2.28. The second-order valence-electron chi connectivity index (χ2n) is 34.1. The lowest BCUT2D eigenvalue weighted by atomic mass is 9.96. The number of likely N-dealkylation sites (tertiary alicyclic amines) is 4. The van der Waals surface area contributed by atoms with Crippen LogP contribution in [-0.2, 0) is 66.5 Å². The number of H-pyrrole nitrogens is 2. The van der Waals surface area contributed by atoms with E-state index in [0.717, 1.165) is 255 Å². The van der Waals surface area contributed by atoms with Crippen molar-refractivity contribution in [1.82, 2.24) is 93.0 Å². The van der Waals surface area contributed by atoms with Crippen molar-refractivity contribution in [3.05, 3.63) is 315 Å². The van der Waals surface area contributed by atoms with Crippen LogP contribution in [0, 0.1) is 30.2 Å². The fraction of sp³-hybridized carbons (Fsp3) is 0.311. The van der Waals surface area contributed by atoms with Gasteiger partial charge in [0.05, 0.1) is 100 Å². The number of fused-ring (bicyclic) bond motifs is 4. The number of aromatic nitrogens is 15. The van der Waals surface area contributed by atoms with Gasteiger partial charge in [-0.15, -0.1) is 0 Å². The molecule has 24 nitrogen and oxygen atoms in total. The van der Waals surface area contributed by atoms with Crippen LogP contribution in [0.25, 0.3) is 93.6 Å².